The summed E-state index contributed by atoms with van der Waals surface area (Å²) in [6, 6.07) is 18.2. The molecular formula is C21H17FN2O2S. The number of aromatic nitrogens is 2. The molecule has 0 atom stereocenters. The second-order valence-corrected chi connectivity index (χ2v) is 8.40. The molecule has 0 amide bonds. The smallest absolute Gasteiger partial charge is 0.184 e. The third-order valence-electron chi connectivity index (χ3n) is 4.45. The third-order valence-corrected chi connectivity index (χ3v) is 6.10. The maximum Gasteiger partial charge on any atom is 0.184 e. The number of pyridine rings is 1. The molecule has 0 N–H and O–H groups in total. The van der Waals surface area contributed by atoms with Gasteiger partial charge >= 0.3 is 0 Å². The van der Waals surface area contributed by atoms with Crippen LogP contribution in [0.15, 0.2) is 77.8 Å². The second-order valence-electron chi connectivity index (χ2n) is 6.41. The number of nitrogens with zero attached hydrogens (tertiary/aromatic N) is 2. The Labute approximate surface area is 156 Å². The van der Waals surface area contributed by atoms with E-state index in [0.717, 1.165) is 5.56 Å². The molecular weight excluding hydrogens is 363 g/mol. The highest BCUT2D eigenvalue weighted by molar-refractivity contribution is 7.90. The number of sulfone groups is 1. The maximum absolute atomic E-state index is 13.3. The van der Waals surface area contributed by atoms with E-state index in [1.165, 1.54) is 12.1 Å². The van der Waals surface area contributed by atoms with Crippen molar-refractivity contribution in [2.75, 3.05) is 0 Å². The zero-order valence-corrected chi connectivity index (χ0v) is 15.4. The van der Waals surface area contributed by atoms with Crippen molar-refractivity contribution in [3.05, 3.63) is 90.0 Å². The third kappa shape index (κ3) is 3.36. The van der Waals surface area contributed by atoms with Gasteiger partial charge in [-0.2, -0.15) is 0 Å². The minimum Gasteiger partial charge on any atom is -0.302 e. The summed E-state index contributed by atoms with van der Waals surface area (Å²) in [7, 11) is -3.57. The van der Waals surface area contributed by atoms with Crippen LogP contribution in [-0.4, -0.2) is 17.8 Å². The predicted molar refractivity (Wildman–Crippen MR) is 103 cm³/mol. The first-order valence-electron chi connectivity index (χ1n) is 8.45. The molecule has 0 unspecified atom stereocenters. The average molecular weight is 380 g/mol. The number of rotatable bonds is 4. The highest BCUT2D eigenvalue weighted by Gasteiger charge is 2.22. The number of halogens is 1. The molecule has 136 valence electrons. The highest BCUT2D eigenvalue weighted by Crippen LogP contribution is 2.28. The van der Waals surface area contributed by atoms with Gasteiger partial charge in [-0.25, -0.2) is 17.8 Å². The molecule has 2 aromatic heterocycles. The van der Waals surface area contributed by atoms with Crippen molar-refractivity contribution in [1.29, 1.82) is 0 Å². The van der Waals surface area contributed by atoms with Crippen LogP contribution in [0.25, 0.3) is 16.9 Å². The first-order valence-corrected chi connectivity index (χ1v) is 10.1. The van der Waals surface area contributed by atoms with E-state index in [1.807, 2.05) is 25.1 Å². The van der Waals surface area contributed by atoms with Gasteiger partial charge in [0, 0.05) is 11.8 Å². The summed E-state index contributed by atoms with van der Waals surface area (Å²) in [4.78, 5) is 4.85. The molecule has 2 aromatic carbocycles. The molecule has 4 aromatic rings. The normalized spacial score (nSPS) is 11.8. The van der Waals surface area contributed by atoms with Crippen molar-refractivity contribution in [2.24, 2.45) is 0 Å². The fourth-order valence-electron chi connectivity index (χ4n) is 3.03. The van der Waals surface area contributed by atoms with Crippen LogP contribution < -0.4 is 0 Å². The predicted octanol–water partition coefficient (Wildman–Crippen LogP) is 4.42. The minimum atomic E-state index is -3.57. The maximum atomic E-state index is 13.3. The summed E-state index contributed by atoms with van der Waals surface area (Å²) in [5, 5.41) is 0. The molecule has 4 rings (SSSR count). The van der Waals surface area contributed by atoms with Crippen molar-refractivity contribution >= 4 is 15.5 Å². The standard InChI is InChI=1S/C21H17FN2O2S/c1-15-5-11-18(12-6-15)27(25,26)14-19-21(16-7-9-17(22)10-8-16)23-20-4-2-3-13-24(19)20/h2-13H,14H2,1H3. The van der Waals surface area contributed by atoms with Crippen molar-refractivity contribution in [3.63, 3.8) is 0 Å². The summed E-state index contributed by atoms with van der Waals surface area (Å²) >= 11 is 0. The SMILES string of the molecule is Cc1ccc(S(=O)(=O)Cc2c(-c3ccc(F)cc3)nc3ccccn23)cc1. The minimum absolute atomic E-state index is 0.200. The van der Waals surface area contributed by atoms with Crippen LogP contribution in [-0.2, 0) is 15.6 Å². The van der Waals surface area contributed by atoms with E-state index < -0.39 is 9.84 Å². The number of hydrogen-bond acceptors (Lipinski definition) is 3. The molecule has 0 aliphatic rings. The molecule has 0 saturated carbocycles. The summed E-state index contributed by atoms with van der Waals surface area (Å²) in [5.41, 5.74) is 3.41. The van der Waals surface area contributed by atoms with E-state index in [2.05, 4.69) is 4.98 Å². The van der Waals surface area contributed by atoms with Crippen LogP contribution in [0.2, 0.25) is 0 Å². The van der Waals surface area contributed by atoms with Gasteiger partial charge in [-0.05, 0) is 55.5 Å². The Morgan fingerprint density at radius 3 is 2.37 bits per heavy atom. The number of imidazole rings is 1. The number of benzene rings is 2. The van der Waals surface area contributed by atoms with E-state index in [9.17, 15) is 12.8 Å². The molecule has 4 nitrogen and oxygen atoms in total. The Hall–Kier alpha value is -2.99. The van der Waals surface area contributed by atoms with Crippen LogP contribution in [0, 0.1) is 12.7 Å². The van der Waals surface area contributed by atoms with Crippen molar-refractivity contribution in [3.8, 4) is 11.3 Å². The molecule has 0 aliphatic carbocycles. The molecule has 0 radical (unpaired) electrons. The molecule has 0 spiro atoms. The van der Waals surface area contributed by atoms with Crippen LogP contribution in [0.5, 0.6) is 0 Å². The quantitative estimate of drug-likeness (QED) is 0.526. The van der Waals surface area contributed by atoms with Gasteiger partial charge in [0.25, 0.3) is 0 Å². The number of hydrogen-bond donors (Lipinski definition) is 0. The second kappa shape index (κ2) is 6.63. The largest absolute Gasteiger partial charge is 0.302 e. The van der Waals surface area contributed by atoms with Gasteiger partial charge in [-0.15, -0.1) is 0 Å². The molecule has 27 heavy (non-hydrogen) atoms. The molecule has 0 saturated heterocycles. The van der Waals surface area contributed by atoms with Crippen LogP contribution in [0.3, 0.4) is 0 Å². The monoisotopic (exact) mass is 380 g/mol. The van der Waals surface area contributed by atoms with E-state index in [1.54, 1.807) is 47.0 Å². The fraction of sp³-hybridized carbons (Fsp3) is 0.0952. The lowest BCUT2D eigenvalue weighted by Crippen LogP contribution is -2.08. The molecule has 2 heterocycles. The lowest BCUT2D eigenvalue weighted by Gasteiger charge is -2.08. The van der Waals surface area contributed by atoms with E-state index in [0.29, 0.717) is 22.6 Å². The molecule has 0 bridgehead atoms. The topological polar surface area (TPSA) is 51.4 Å². The fourth-order valence-corrected chi connectivity index (χ4v) is 4.39. The molecule has 0 aliphatic heterocycles. The zero-order valence-electron chi connectivity index (χ0n) is 14.6. The lowest BCUT2D eigenvalue weighted by atomic mass is 10.1. The van der Waals surface area contributed by atoms with Crippen LogP contribution in [0.4, 0.5) is 4.39 Å². The Bertz CT molecular complexity index is 1210. The van der Waals surface area contributed by atoms with Gasteiger partial charge in [-0.3, -0.25) is 0 Å². The summed E-state index contributed by atoms with van der Waals surface area (Å²) in [6.07, 6.45) is 1.79. The van der Waals surface area contributed by atoms with Crippen molar-refractivity contribution in [2.45, 2.75) is 17.6 Å². The Balaban J connectivity index is 1.86. The van der Waals surface area contributed by atoms with Gasteiger partial charge in [0.2, 0.25) is 0 Å². The summed E-state index contributed by atoms with van der Waals surface area (Å²) < 4.78 is 41.1. The van der Waals surface area contributed by atoms with Crippen molar-refractivity contribution < 1.29 is 12.8 Å². The molecule has 6 heteroatoms. The van der Waals surface area contributed by atoms with Crippen LogP contribution in [0.1, 0.15) is 11.3 Å². The Morgan fingerprint density at radius 1 is 0.963 bits per heavy atom. The van der Waals surface area contributed by atoms with Gasteiger partial charge in [-0.1, -0.05) is 23.8 Å². The highest BCUT2D eigenvalue weighted by atomic mass is 32.2. The van der Waals surface area contributed by atoms with E-state index >= 15 is 0 Å². The van der Waals surface area contributed by atoms with E-state index in [-0.39, 0.29) is 16.5 Å². The molecule has 0 fully saturated rings. The first-order chi connectivity index (χ1) is 12.9. The summed E-state index contributed by atoms with van der Waals surface area (Å²) in [6.45, 7) is 1.91. The Kier molecular flexibility index (Phi) is 4.28. The van der Waals surface area contributed by atoms with E-state index in [4.69, 9.17) is 0 Å². The first kappa shape index (κ1) is 17.4. The van der Waals surface area contributed by atoms with Crippen LogP contribution >= 0.6 is 0 Å². The number of aryl methyl sites for hydroxylation is 1. The van der Waals surface area contributed by atoms with Crippen molar-refractivity contribution in [1.82, 2.24) is 9.38 Å². The van der Waals surface area contributed by atoms with Gasteiger partial charge in [0.1, 0.15) is 11.5 Å². The van der Waals surface area contributed by atoms with Gasteiger partial charge in [0.15, 0.2) is 9.84 Å². The van der Waals surface area contributed by atoms with Gasteiger partial charge < -0.3 is 4.40 Å². The average Bonchev–Trinajstić information content (AvgIpc) is 3.01. The summed E-state index contributed by atoms with van der Waals surface area (Å²) in [5.74, 6) is -0.551. The lowest BCUT2D eigenvalue weighted by molar-refractivity contribution is 0.594. The number of fused-ring (bicyclic) bond motifs is 1. The zero-order chi connectivity index (χ0) is 19.0. The Morgan fingerprint density at radius 2 is 1.67 bits per heavy atom. The van der Waals surface area contributed by atoms with Gasteiger partial charge in [0.05, 0.1) is 22.0 Å².